The Labute approximate surface area is 168 Å². The van der Waals surface area contributed by atoms with Crippen LogP contribution in [0.25, 0.3) is 22.0 Å². The van der Waals surface area contributed by atoms with Crippen molar-refractivity contribution in [3.05, 3.63) is 65.0 Å². The molecule has 1 N–H and O–H groups in total. The van der Waals surface area contributed by atoms with Gasteiger partial charge in [-0.25, -0.2) is 14.8 Å². The normalized spacial score (nSPS) is 15.9. The Morgan fingerprint density at radius 2 is 2.11 bits per heavy atom. The van der Waals surface area contributed by atoms with Crippen molar-refractivity contribution in [2.24, 2.45) is 0 Å². The van der Waals surface area contributed by atoms with Gasteiger partial charge in [0.1, 0.15) is 12.1 Å². The number of fused-ring (bicyclic) bond motifs is 1. The van der Waals surface area contributed by atoms with Crippen molar-refractivity contribution in [1.29, 1.82) is 0 Å². The molecule has 0 amide bonds. The molecule has 0 aliphatic carbocycles. The summed E-state index contributed by atoms with van der Waals surface area (Å²) in [7, 11) is 0. The van der Waals surface area contributed by atoms with Gasteiger partial charge in [-0.1, -0.05) is 35.9 Å². The second-order valence-corrected chi connectivity index (χ2v) is 7.43. The van der Waals surface area contributed by atoms with Crippen LogP contribution in [0.5, 0.6) is 0 Å². The first-order valence-electron chi connectivity index (χ1n) is 9.20. The summed E-state index contributed by atoms with van der Waals surface area (Å²) in [5.74, 6) is -0.0762. The summed E-state index contributed by atoms with van der Waals surface area (Å²) >= 11 is 6.37. The van der Waals surface area contributed by atoms with Crippen LogP contribution in [0.1, 0.15) is 18.4 Å². The lowest BCUT2D eigenvalue weighted by Crippen LogP contribution is -2.32. The van der Waals surface area contributed by atoms with Gasteiger partial charge >= 0.3 is 5.97 Å². The SMILES string of the molecule is Cc1ccc(-c2cccc3ncnc(N4CCC/C(=C\C(=O)O)C4)c23)cc1Cl. The van der Waals surface area contributed by atoms with Crippen molar-refractivity contribution in [3.8, 4) is 11.1 Å². The van der Waals surface area contributed by atoms with Crippen LogP contribution >= 0.6 is 11.6 Å². The molecule has 2 heterocycles. The molecule has 0 radical (unpaired) electrons. The Bertz CT molecular complexity index is 1090. The maximum absolute atomic E-state index is 11.1. The fourth-order valence-electron chi connectivity index (χ4n) is 3.71. The van der Waals surface area contributed by atoms with E-state index in [1.165, 1.54) is 6.08 Å². The average molecular weight is 394 g/mol. The molecule has 1 fully saturated rings. The highest BCUT2D eigenvalue weighted by Crippen LogP contribution is 2.36. The second-order valence-electron chi connectivity index (χ2n) is 7.03. The van der Waals surface area contributed by atoms with Crippen molar-refractivity contribution >= 4 is 34.3 Å². The molecule has 0 unspecified atom stereocenters. The van der Waals surface area contributed by atoms with Crippen LogP contribution in [0.4, 0.5) is 5.82 Å². The van der Waals surface area contributed by atoms with Crippen LogP contribution in [-0.2, 0) is 4.79 Å². The van der Waals surface area contributed by atoms with Gasteiger partial charge in [0.05, 0.1) is 10.9 Å². The molecule has 0 saturated carbocycles. The molecule has 3 aromatic rings. The van der Waals surface area contributed by atoms with Crippen molar-refractivity contribution in [2.45, 2.75) is 19.8 Å². The predicted octanol–water partition coefficient (Wildman–Crippen LogP) is 4.87. The zero-order valence-corrected chi connectivity index (χ0v) is 16.3. The minimum absolute atomic E-state index is 0.557. The van der Waals surface area contributed by atoms with Gasteiger partial charge < -0.3 is 10.0 Å². The number of carboxylic acids is 1. The van der Waals surface area contributed by atoms with Crippen LogP contribution in [-0.4, -0.2) is 34.1 Å². The standard InChI is InChI=1S/C22H20ClN3O2/c1-14-7-8-16(11-18(14)23)17-5-2-6-19-21(17)22(25-13-24-19)26-9-3-4-15(12-26)10-20(27)28/h2,5-8,10-11,13H,3-4,9,12H2,1H3,(H,27,28)/b15-10+. The zero-order valence-electron chi connectivity index (χ0n) is 15.5. The largest absolute Gasteiger partial charge is 0.478 e. The van der Waals surface area contributed by atoms with Gasteiger partial charge in [-0.2, -0.15) is 0 Å². The number of carboxylic acid groups (broad SMARTS) is 1. The second kappa shape index (κ2) is 7.60. The molecule has 28 heavy (non-hydrogen) atoms. The minimum Gasteiger partial charge on any atom is -0.478 e. The maximum atomic E-state index is 11.1. The molecule has 2 aromatic carbocycles. The maximum Gasteiger partial charge on any atom is 0.328 e. The molecule has 0 spiro atoms. The molecule has 1 aromatic heterocycles. The van der Waals surface area contributed by atoms with E-state index in [9.17, 15) is 4.79 Å². The van der Waals surface area contributed by atoms with Gasteiger partial charge in [0, 0.05) is 24.2 Å². The fourth-order valence-corrected chi connectivity index (χ4v) is 3.89. The summed E-state index contributed by atoms with van der Waals surface area (Å²) in [5, 5.41) is 10.8. The average Bonchev–Trinajstić information content (AvgIpc) is 2.69. The van der Waals surface area contributed by atoms with E-state index in [2.05, 4.69) is 20.9 Å². The third kappa shape index (κ3) is 3.58. The predicted molar refractivity (Wildman–Crippen MR) is 112 cm³/mol. The molecular weight excluding hydrogens is 374 g/mol. The summed E-state index contributed by atoms with van der Waals surface area (Å²) in [4.78, 5) is 22.3. The number of nitrogens with zero attached hydrogens (tertiary/aromatic N) is 3. The van der Waals surface area contributed by atoms with E-state index in [1.807, 2.05) is 37.3 Å². The number of aromatic nitrogens is 2. The number of anilines is 1. The number of piperidine rings is 1. The van der Waals surface area contributed by atoms with E-state index < -0.39 is 5.97 Å². The summed E-state index contributed by atoms with van der Waals surface area (Å²) in [6, 6.07) is 12.0. The first-order valence-corrected chi connectivity index (χ1v) is 9.58. The molecule has 1 aliphatic heterocycles. The minimum atomic E-state index is -0.903. The number of hydrogen-bond acceptors (Lipinski definition) is 4. The number of aliphatic carboxylic acids is 1. The topological polar surface area (TPSA) is 66.3 Å². The summed E-state index contributed by atoms with van der Waals surface area (Å²) < 4.78 is 0. The number of aryl methyl sites for hydroxylation is 1. The van der Waals surface area contributed by atoms with E-state index in [1.54, 1.807) is 6.33 Å². The molecule has 1 saturated heterocycles. The van der Waals surface area contributed by atoms with Gasteiger partial charge in [-0.3, -0.25) is 0 Å². The third-order valence-corrected chi connectivity index (χ3v) is 5.48. The number of hydrogen-bond donors (Lipinski definition) is 1. The summed E-state index contributed by atoms with van der Waals surface area (Å²) in [6.45, 7) is 3.36. The Morgan fingerprint density at radius 3 is 2.89 bits per heavy atom. The lowest BCUT2D eigenvalue weighted by atomic mass is 9.98. The highest BCUT2D eigenvalue weighted by Gasteiger charge is 2.21. The third-order valence-electron chi connectivity index (χ3n) is 5.07. The van der Waals surface area contributed by atoms with Gasteiger partial charge in [-0.15, -0.1) is 0 Å². The summed E-state index contributed by atoms with van der Waals surface area (Å²) in [6.07, 6.45) is 4.57. The molecule has 1 aliphatic rings. The number of carbonyl (C=O) groups is 1. The fraction of sp³-hybridized carbons (Fsp3) is 0.227. The Balaban J connectivity index is 1.86. The number of halogens is 1. The van der Waals surface area contributed by atoms with Crippen molar-refractivity contribution in [1.82, 2.24) is 9.97 Å². The molecular formula is C22H20ClN3O2. The van der Waals surface area contributed by atoms with Crippen LogP contribution < -0.4 is 4.90 Å². The Morgan fingerprint density at radius 1 is 1.25 bits per heavy atom. The van der Waals surface area contributed by atoms with E-state index in [0.29, 0.717) is 6.54 Å². The van der Waals surface area contributed by atoms with Crippen LogP contribution in [0.15, 0.2) is 54.4 Å². The molecule has 0 atom stereocenters. The van der Waals surface area contributed by atoms with Crippen LogP contribution in [0.3, 0.4) is 0 Å². The first-order chi connectivity index (χ1) is 13.5. The van der Waals surface area contributed by atoms with E-state index in [-0.39, 0.29) is 0 Å². The monoisotopic (exact) mass is 393 g/mol. The molecule has 4 rings (SSSR count). The number of rotatable bonds is 3. The van der Waals surface area contributed by atoms with E-state index in [4.69, 9.17) is 16.7 Å². The first kappa shape index (κ1) is 18.4. The van der Waals surface area contributed by atoms with Crippen molar-refractivity contribution in [3.63, 3.8) is 0 Å². The van der Waals surface area contributed by atoms with Crippen molar-refractivity contribution in [2.75, 3.05) is 18.0 Å². The Hall–Kier alpha value is -2.92. The lowest BCUT2D eigenvalue weighted by Gasteiger charge is -2.30. The molecule has 0 bridgehead atoms. The van der Waals surface area contributed by atoms with E-state index in [0.717, 1.165) is 63.4 Å². The highest BCUT2D eigenvalue weighted by atomic mass is 35.5. The van der Waals surface area contributed by atoms with Gasteiger partial charge in [0.25, 0.3) is 0 Å². The van der Waals surface area contributed by atoms with Crippen molar-refractivity contribution < 1.29 is 9.90 Å². The molecule has 6 heteroatoms. The Kier molecular flexibility index (Phi) is 5.01. The van der Waals surface area contributed by atoms with Gasteiger partial charge in [0.15, 0.2) is 0 Å². The van der Waals surface area contributed by atoms with Crippen LogP contribution in [0.2, 0.25) is 5.02 Å². The molecule has 142 valence electrons. The smallest absolute Gasteiger partial charge is 0.328 e. The molecule has 5 nitrogen and oxygen atoms in total. The summed E-state index contributed by atoms with van der Waals surface area (Å²) in [5.41, 5.74) is 4.82. The number of benzene rings is 2. The van der Waals surface area contributed by atoms with Gasteiger partial charge in [0.2, 0.25) is 0 Å². The zero-order chi connectivity index (χ0) is 19.7. The quantitative estimate of drug-likeness (QED) is 0.643. The van der Waals surface area contributed by atoms with E-state index >= 15 is 0 Å². The lowest BCUT2D eigenvalue weighted by molar-refractivity contribution is -0.131. The highest BCUT2D eigenvalue weighted by molar-refractivity contribution is 6.31. The van der Waals surface area contributed by atoms with Crippen LogP contribution in [0, 0.1) is 6.92 Å². The van der Waals surface area contributed by atoms with Gasteiger partial charge in [-0.05, 0) is 54.2 Å².